The number of nitriles is 1. The normalized spacial score (nSPS) is 10.1. The SMILES string of the molecule is CCOCCCNC(=O)c1cccc(NC(=O)COc2ccc(CC#N)cc2)c1. The standard InChI is InChI=1S/C22H25N3O4/c1-2-28-14-4-13-24-22(27)18-5-3-6-19(15-18)25-21(26)16-29-20-9-7-17(8-10-20)11-12-23/h3,5-10,15H,2,4,11,13-14,16H2,1H3,(H,24,27)(H,25,26). The van der Waals surface area contributed by atoms with Crippen molar-refractivity contribution in [1.29, 1.82) is 5.26 Å². The fourth-order valence-electron chi connectivity index (χ4n) is 2.50. The molecule has 152 valence electrons. The molecule has 29 heavy (non-hydrogen) atoms. The van der Waals surface area contributed by atoms with Crippen LogP contribution in [-0.2, 0) is 16.0 Å². The first kappa shape index (κ1) is 21.9. The Labute approximate surface area is 170 Å². The zero-order valence-electron chi connectivity index (χ0n) is 16.4. The summed E-state index contributed by atoms with van der Waals surface area (Å²) in [4.78, 5) is 24.3. The summed E-state index contributed by atoms with van der Waals surface area (Å²) in [5, 5.41) is 14.2. The number of anilines is 1. The average molecular weight is 395 g/mol. The van der Waals surface area contributed by atoms with Crippen LogP contribution in [0.1, 0.15) is 29.3 Å². The van der Waals surface area contributed by atoms with Crippen molar-refractivity contribution < 1.29 is 19.1 Å². The van der Waals surface area contributed by atoms with Gasteiger partial charge in [-0.1, -0.05) is 18.2 Å². The molecule has 2 aromatic carbocycles. The van der Waals surface area contributed by atoms with Crippen LogP contribution in [0.25, 0.3) is 0 Å². The van der Waals surface area contributed by atoms with E-state index in [1.807, 2.05) is 6.92 Å². The van der Waals surface area contributed by atoms with Gasteiger partial charge in [0, 0.05) is 31.0 Å². The molecule has 2 rings (SSSR count). The molecule has 0 spiro atoms. The van der Waals surface area contributed by atoms with Gasteiger partial charge in [0.2, 0.25) is 0 Å². The Morgan fingerprint density at radius 2 is 1.93 bits per heavy atom. The molecular weight excluding hydrogens is 370 g/mol. The van der Waals surface area contributed by atoms with E-state index in [9.17, 15) is 9.59 Å². The van der Waals surface area contributed by atoms with Gasteiger partial charge in [-0.2, -0.15) is 5.26 Å². The van der Waals surface area contributed by atoms with Crippen molar-refractivity contribution in [3.63, 3.8) is 0 Å². The maximum atomic E-state index is 12.2. The lowest BCUT2D eigenvalue weighted by atomic mass is 10.2. The zero-order valence-corrected chi connectivity index (χ0v) is 16.4. The van der Waals surface area contributed by atoms with Crippen LogP contribution in [0.2, 0.25) is 0 Å². The van der Waals surface area contributed by atoms with E-state index in [4.69, 9.17) is 14.7 Å². The number of benzene rings is 2. The van der Waals surface area contributed by atoms with Gasteiger partial charge >= 0.3 is 0 Å². The molecule has 0 radical (unpaired) electrons. The predicted molar refractivity (Wildman–Crippen MR) is 110 cm³/mol. The van der Waals surface area contributed by atoms with E-state index in [2.05, 4.69) is 16.7 Å². The first-order chi connectivity index (χ1) is 14.1. The van der Waals surface area contributed by atoms with Crippen molar-refractivity contribution in [3.05, 3.63) is 59.7 Å². The summed E-state index contributed by atoms with van der Waals surface area (Å²) in [6.45, 7) is 3.55. The second kappa shape index (κ2) is 12.2. The van der Waals surface area contributed by atoms with Gasteiger partial charge in [-0.05, 0) is 49.2 Å². The van der Waals surface area contributed by atoms with Crippen LogP contribution >= 0.6 is 0 Å². The van der Waals surface area contributed by atoms with Crippen molar-refractivity contribution in [1.82, 2.24) is 5.32 Å². The number of nitrogens with zero attached hydrogens (tertiary/aromatic N) is 1. The van der Waals surface area contributed by atoms with Crippen LogP contribution in [0.15, 0.2) is 48.5 Å². The van der Waals surface area contributed by atoms with E-state index in [-0.39, 0.29) is 18.4 Å². The largest absolute Gasteiger partial charge is 0.484 e. The van der Waals surface area contributed by atoms with Crippen LogP contribution in [0.3, 0.4) is 0 Å². The first-order valence-electron chi connectivity index (χ1n) is 9.47. The Kier molecular flexibility index (Phi) is 9.19. The van der Waals surface area contributed by atoms with Crippen molar-refractivity contribution in [2.24, 2.45) is 0 Å². The summed E-state index contributed by atoms with van der Waals surface area (Å²) in [5.74, 6) is 0.00806. The number of nitrogens with one attached hydrogen (secondary N) is 2. The van der Waals surface area contributed by atoms with E-state index >= 15 is 0 Å². The van der Waals surface area contributed by atoms with Crippen LogP contribution in [0.5, 0.6) is 5.75 Å². The minimum Gasteiger partial charge on any atom is -0.484 e. The van der Waals surface area contributed by atoms with Gasteiger partial charge < -0.3 is 20.1 Å². The van der Waals surface area contributed by atoms with Gasteiger partial charge in [0.05, 0.1) is 12.5 Å². The molecule has 0 aromatic heterocycles. The molecule has 7 nitrogen and oxygen atoms in total. The topological polar surface area (TPSA) is 100 Å². The molecule has 0 fully saturated rings. The molecular formula is C22H25N3O4. The van der Waals surface area contributed by atoms with Gasteiger partial charge in [0.25, 0.3) is 11.8 Å². The Hall–Kier alpha value is -3.37. The Balaban J connectivity index is 1.80. The van der Waals surface area contributed by atoms with Crippen molar-refractivity contribution in [3.8, 4) is 11.8 Å². The summed E-state index contributed by atoms with van der Waals surface area (Å²) >= 11 is 0. The maximum absolute atomic E-state index is 12.2. The fraction of sp³-hybridized carbons (Fsp3) is 0.318. The van der Waals surface area contributed by atoms with E-state index in [0.29, 0.717) is 43.2 Å². The molecule has 2 aromatic rings. The van der Waals surface area contributed by atoms with E-state index < -0.39 is 0 Å². The van der Waals surface area contributed by atoms with Gasteiger partial charge in [-0.15, -0.1) is 0 Å². The maximum Gasteiger partial charge on any atom is 0.262 e. The summed E-state index contributed by atoms with van der Waals surface area (Å²) < 4.78 is 10.7. The van der Waals surface area contributed by atoms with Gasteiger partial charge in [0.1, 0.15) is 5.75 Å². The van der Waals surface area contributed by atoms with E-state index in [1.54, 1.807) is 48.5 Å². The molecule has 0 unspecified atom stereocenters. The van der Waals surface area contributed by atoms with Crippen LogP contribution in [0.4, 0.5) is 5.69 Å². The molecule has 0 aliphatic carbocycles. The monoisotopic (exact) mass is 395 g/mol. The Morgan fingerprint density at radius 3 is 2.66 bits per heavy atom. The number of carbonyl (C=O) groups excluding carboxylic acids is 2. The lowest BCUT2D eigenvalue weighted by Gasteiger charge is -2.10. The quantitative estimate of drug-likeness (QED) is 0.570. The zero-order chi connectivity index (χ0) is 20.9. The molecule has 0 heterocycles. The molecule has 2 N–H and O–H groups in total. The summed E-state index contributed by atoms with van der Waals surface area (Å²) in [7, 11) is 0. The molecule has 0 aliphatic rings. The number of amides is 2. The minimum absolute atomic E-state index is 0.161. The molecule has 0 saturated carbocycles. The molecule has 0 atom stereocenters. The molecule has 0 bridgehead atoms. The van der Waals surface area contributed by atoms with E-state index in [0.717, 1.165) is 12.0 Å². The molecule has 0 aliphatic heterocycles. The fourth-order valence-corrected chi connectivity index (χ4v) is 2.50. The highest BCUT2D eigenvalue weighted by atomic mass is 16.5. The summed E-state index contributed by atoms with van der Waals surface area (Å²) in [6.07, 6.45) is 1.07. The van der Waals surface area contributed by atoms with Crippen LogP contribution in [-0.4, -0.2) is 38.2 Å². The van der Waals surface area contributed by atoms with Crippen molar-refractivity contribution in [2.75, 3.05) is 31.7 Å². The highest BCUT2D eigenvalue weighted by Gasteiger charge is 2.08. The highest BCUT2D eigenvalue weighted by molar-refractivity contribution is 5.97. The van der Waals surface area contributed by atoms with Gasteiger partial charge in [-0.3, -0.25) is 9.59 Å². The predicted octanol–water partition coefficient (Wildman–Crippen LogP) is 2.93. The second-order valence-electron chi connectivity index (χ2n) is 6.20. The summed E-state index contributed by atoms with van der Waals surface area (Å²) in [5.41, 5.74) is 1.87. The van der Waals surface area contributed by atoms with Crippen LogP contribution in [0, 0.1) is 11.3 Å². The van der Waals surface area contributed by atoms with E-state index in [1.165, 1.54) is 0 Å². The van der Waals surface area contributed by atoms with Crippen LogP contribution < -0.4 is 15.4 Å². The summed E-state index contributed by atoms with van der Waals surface area (Å²) in [6, 6.07) is 15.8. The van der Waals surface area contributed by atoms with Gasteiger partial charge in [-0.25, -0.2) is 0 Å². The third kappa shape index (κ3) is 8.03. The minimum atomic E-state index is -0.333. The third-order valence-corrected chi connectivity index (χ3v) is 3.94. The molecule has 2 amide bonds. The number of carbonyl (C=O) groups is 2. The third-order valence-electron chi connectivity index (χ3n) is 3.94. The molecule has 0 saturated heterocycles. The average Bonchev–Trinajstić information content (AvgIpc) is 2.73. The first-order valence-corrected chi connectivity index (χ1v) is 9.47. The number of ether oxygens (including phenoxy) is 2. The van der Waals surface area contributed by atoms with Crippen molar-refractivity contribution >= 4 is 17.5 Å². The number of hydrogen-bond acceptors (Lipinski definition) is 5. The number of rotatable bonds is 11. The highest BCUT2D eigenvalue weighted by Crippen LogP contribution is 2.14. The smallest absolute Gasteiger partial charge is 0.262 e. The Bertz CT molecular complexity index is 844. The van der Waals surface area contributed by atoms with Crippen molar-refractivity contribution in [2.45, 2.75) is 19.8 Å². The number of hydrogen-bond donors (Lipinski definition) is 2. The lowest BCUT2D eigenvalue weighted by Crippen LogP contribution is -2.25. The van der Waals surface area contributed by atoms with Gasteiger partial charge in [0.15, 0.2) is 6.61 Å². The Morgan fingerprint density at radius 1 is 1.14 bits per heavy atom. The lowest BCUT2D eigenvalue weighted by molar-refractivity contribution is -0.118. The molecule has 7 heteroatoms. The second-order valence-corrected chi connectivity index (χ2v) is 6.20.